The average molecular weight is 311 g/mol. The molecule has 1 rings (SSSR count). The van der Waals surface area contributed by atoms with Crippen molar-refractivity contribution < 1.29 is 8.42 Å². The Hall–Kier alpha value is -0.170. The van der Waals surface area contributed by atoms with E-state index in [1.807, 2.05) is 13.8 Å². The summed E-state index contributed by atoms with van der Waals surface area (Å²) in [5, 5.41) is 0.754. The highest BCUT2D eigenvalue weighted by molar-refractivity contribution is 7.91. The van der Waals surface area contributed by atoms with E-state index in [0.29, 0.717) is 16.6 Å². The summed E-state index contributed by atoms with van der Waals surface area (Å²) in [6, 6.07) is -0.00356. The number of halogens is 1. The van der Waals surface area contributed by atoms with Crippen LogP contribution >= 0.6 is 22.9 Å². The van der Waals surface area contributed by atoms with E-state index in [9.17, 15) is 8.42 Å². The van der Waals surface area contributed by atoms with Crippen molar-refractivity contribution in [2.24, 2.45) is 0 Å². The zero-order chi connectivity index (χ0) is 13.8. The molecule has 0 aliphatic rings. The van der Waals surface area contributed by atoms with Crippen molar-refractivity contribution in [2.45, 2.75) is 43.9 Å². The van der Waals surface area contributed by atoms with E-state index in [2.05, 4.69) is 4.98 Å². The van der Waals surface area contributed by atoms with Crippen molar-refractivity contribution in [1.82, 2.24) is 9.29 Å². The van der Waals surface area contributed by atoms with Gasteiger partial charge in [-0.25, -0.2) is 13.4 Å². The first kappa shape index (κ1) is 15.9. The molecule has 0 saturated carbocycles. The Morgan fingerprint density at radius 1 is 1.44 bits per heavy atom. The summed E-state index contributed by atoms with van der Waals surface area (Å²) in [7, 11) is -3.46. The molecule has 0 aliphatic heterocycles. The maximum absolute atomic E-state index is 12.5. The molecule has 0 aromatic carbocycles. The molecule has 0 amide bonds. The first-order valence-electron chi connectivity index (χ1n) is 5.97. The summed E-state index contributed by atoms with van der Waals surface area (Å²) >= 11 is 6.94. The molecule has 1 aromatic heterocycles. The molecular formula is C11H19ClN2O2S2. The third kappa shape index (κ3) is 3.44. The van der Waals surface area contributed by atoms with E-state index in [0.717, 1.165) is 17.8 Å². The van der Waals surface area contributed by atoms with Gasteiger partial charge in [-0.15, -0.1) is 22.9 Å². The molecule has 0 bridgehead atoms. The number of rotatable bonds is 7. The maximum atomic E-state index is 12.5. The van der Waals surface area contributed by atoms with Crippen LogP contribution in [0.1, 0.15) is 31.7 Å². The van der Waals surface area contributed by atoms with Crippen LogP contribution in [0.2, 0.25) is 0 Å². The standard InChI is InChI=1S/C11H19ClN2O2S2/c1-4-10(5-2)14(7-6-12)18(15,16)11-8-13-9(3)17-11/h8,10H,4-7H2,1-3H3. The number of thiazole rings is 1. The van der Waals surface area contributed by atoms with Gasteiger partial charge in [-0.05, 0) is 19.8 Å². The second-order valence-electron chi connectivity index (χ2n) is 3.97. The van der Waals surface area contributed by atoms with Crippen LogP contribution in [-0.4, -0.2) is 36.2 Å². The summed E-state index contributed by atoms with van der Waals surface area (Å²) in [5.74, 6) is 0.299. The van der Waals surface area contributed by atoms with Gasteiger partial charge in [-0.1, -0.05) is 13.8 Å². The van der Waals surface area contributed by atoms with Gasteiger partial charge in [-0.3, -0.25) is 0 Å². The number of hydrogen-bond acceptors (Lipinski definition) is 4. The van der Waals surface area contributed by atoms with Gasteiger partial charge >= 0.3 is 0 Å². The average Bonchev–Trinajstić information content (AvgIpc) is 2.77. The fourth-order valence-electron chi connectivity index (χ4n) is 1.85. The van der Waals surface area contributed by atoms with Crippen LogP contribution in [0.3, 0.4) is 0 Å². The molecular weight excluding hydrogens is 292 g/mol. The molecule has 0 spiro atoms. The monoisotopic (exact) mass is 310 g/mol. The number of aromatic nitrogens is 1. The highest BCUT2D eigenvalue weighted by atomic mass is 35.5. The van der Waals surface area contributed by atoms with E-state index in [1.54, 1.807) is 6.92 Å². The lowest BCUT2D eigenvalue weighted by Crippen LogP contribution is -2.40. The summed E-state index contributed by atoms with van der Waals surface area (Å²) in [5.41, 5.74) is 0. The summed E-state index contributed by atoms with van der Waals surface area (Å²) < 4.78 is 26.9. The molecule has 0 aliphatic carbocycles. The highest BCUT2D eigenvalue weighted by Gasteiger charge is 2.30. The predicted molar refractivity (Wildman–Crippen MR) is 75.8 cm³/mol. The minimum absolute atomic E-state index is 0.00356. The van der Waals surface area contributed by atoms with Crippen molar-refractivity contribution in [2.75, 3.05) is 12.4 Å². The zero-order valence-corrected chi connectivity index (χ0v) is 13.3. The quantitative estimate of drug-likeness (QED) is 0.728. The molecule has 104 valence electrons. The van der Waals surface area contributed by atoms with E-state index >= 15 is 0 Å². The number of nitrogens with zero attached hydrogens (tertiary/aromatic N) is 2. The molecule has 0 N–H and O–H groups in total. The summed E-state index contributed by atoms with van der Waals surface area (Å²) in [4.78, 5) is 4.02. The molecule has 1 heterocycles. The van der Waals surface area contributed by atoms with E-state index in [4.69, 9.17) is 11.6 Å². The Balaban J connectivity index is 3.11. The fourth-order valence-corrected chi connectivity index (χ4v) is 5.15. The Bertz CT molecular complexity index is 469. The topological polar surface area (TPSA) is 50.3 Å². The molecule has 7 heteroatoms. The van der Waals surface area contributed by atoms with E-state index in [-0.39, 0.29) is 6.04 Å². The molecule has 0 radical (unpaired) electrons. The molecule has 4 nitrogen and oxygen atoms in total. The molecule has 0 unspecified atom stereocenters. The second-order valence-corrected chi connectivity index (χ2v) is 7.70. The van der Waals surface area contributed by atoms with Crippen LogP contribution in [0.5, 0.6) is 0 Å². The number of alkyl halides is 1. The minimum Gasteiger partial charge on any atom is -0.249 e. The molecule has 18 heavy (non-hydrogen) atoms. The highest BCUT2D eigenvalue weighted by Crippen LogP contribution is 2.25. The van der Waals surface area contributed by atoms with Crippen LogP contribution in [-0.2, 0) is 10.0 Å². The normalized spacial score (nSPS) is 12.6. The van der Waals surface area contributed by atoms with Gasteiger partial charge in [0, 0.05) is 18.5 Å². The minimum atomic E-state index is -3.46. The van der Waals surface area contributed by atoms with Crippen molar-refractivity contribution in [3.8, 4) is 0 Å². The Labute approximate surface area is 118 Å². The number of sulfonamides is 1. The smallest absolute Gasteiger partial charge is 0.249 e. The predicted octanol–water partition coefficient (Wildman–Crippen LogP) is 2.87. The van der Waals surface area contributed by atoms with Crippen LogP contribution in [0, 0.1) is 6.92 Å². The van der Waals surface area contributed by atoms with E-state index < -0.39 is 10.0 Å². The fraction of sp³-hybridized carbons (Fsp3) is 0.727. The Morgan fingerprint density at radius 3 is 2.44 bits per heavy atom. The van der Waals surface area contributed by atoms with Crippen LogP contribution in [0.4, 0.5) is 0 Å². The van der Waals surface area contributed by atoms with Gasteiger partial charge in [0.15, 0.2) is 4.21 Å². The zero-order valence-electron chi connectivity index (χ0n) is 10.9. The van der Waals surface area contributed by atoms with Crippen LogP contribution < -0.4 is 0 Å². The SMILES string of the molecule is CCC(CC)N(CCCl)S(=O)(=O)c1cnc(C)s1. The lowest BCUT2D eigenvalue weighted by molar-refractivity contribution is 0.317. The molecule has 1 aromatic rings. The van der Waals surface area contributed by atoms with Gasteiger partial charge in [0.2, 0.25) is 0 Å². The molecule has 0 saturated heterocycles. The Kier molecular flexibility index (Phi) is 6.04. The van der Waals surface area contributed by atoms with Crippen molar-refractivity contribution in [1.29, 1.82) is 0 Å². The van der Waals surface area contributed by atoms with Gasteiger partial charge in [0.1, 0.15) is 0 Å². The third-order valence-corrected chi connectivity index (χ3v) is 6.29. The summed E-state index contributed by atoms with van der Waals surface area (Å²) in [6.45, 7) is 6.12. The van der Waals surface area contributed by atoms with Crippen molar-refractivity contribution in [3.05, 3.63) is 11.2 Å². The largest absolute Gasteiger partial charge is 0.254 e. The lowest BCUT2D eigenvalue weighted by Gasteiger charge is -2.28. The van der Waals surface area contributed by atoms with E-state index in [1.165, 1.54) is 21.8 Å². The maximum Gasteiger partial charge on any atom is 0.254 e. The van der Waals surface area contributed by atoms with Gasteiger partial charge in [0.25, 0.3) is 10.0 Å². The lowest BCUT2D eigenvalue weighted by atomic mass is 10.2. The number of aryl methyl sites for hydroxylation is 1. The molecule has 0 fully saturated rings. The van der Waals surface area contributed by atoms with Gasteiger partial charge in [-0.2, -0.15) is 4.31 Å². The van der Waals surface area contributed by atoms with Crippen LogP contribution in [0.15, 0.2) is 10.4 Å². The number of hydrogen-bond donors (Lipinski definition) is 0. The molecule has 0 atom stereocenters. The Morgan fingerprint density at radius 2 is 2.06 bits per heavy atom. The van der Waals surface area contributed by atoms with Crippen molar-refractivity contribution >= 4 is 33.0 Å². The van der Waals surface area contributed by atoms with Crippen molar-refractivity contribution in [3.63, 3.8) is 0 Å². The summed E-state index contributed by atoms with van der Waals surface area (Å²) in [6.07, 6.45) is 2.99. The van der Waals surface area contributed by atoms with Gasteiger partial charge in [0.05, 0.1) is 11.2 Å². The first-order chi connectivity index (χ1) is 8.47. The third-order valence-electron chi connectivity index (χ3n) is 2.82. The second kappa shape index (κ2) is 6.84. The van der Waals surface area contributed by atoms with Crippen LogP contribution in [0.25, 0.3) is 0 Å². The van der Waals surface area contributed by atoms with Gasteiger partial charge < -0.3 is 0 Å². The first-order valence-corrected chi connectivity index (χ1v) is 8.76.